The Morgan fingerprint density at radius 3 is 2.41 bits per heavy atom. The van der Waals surface area contributed by atoms with Crippen LogP contribution in [-0.2, 0) is 13.2 Å². The lowest BCUT2D eigenvalue weighted by Crippen LogP contribution is -2.04. The van der Waals surface area contributed by atoms with Gasteiger partial charge in [0.2, 0.25) is 0 Å². The maximum atomic E-state index is 10.1. The average Bonchev–Trinajstić information content (AvgIpc) is 2.91. The summed E-state index contributed by atoms with van der Waals surface area (Å²) >= 11 is 1.82. The molecule has 0 aliphatic rings. The van der Waals surface area contributed by atoms with Crippen LogP contribution in [0.2, 0.25) is 0 Å². The Balaban J connectivity index is 2.15. The molecule has 0 saturated carbocycles. The molecule has 3 rings (SSSR count). The van der Waals surface area contributed by atoms with Crippen molar-refractivity contribution in [3.8, 4) is 0 Å². The molecule has 142 valence electrons. The number of aliphatic hydroxyl groups excluding tert-OH is 1. The molecule has 27 heavy (non-hydrogen) atoms. The van der Waals surface area contributed by atoms with E-state index < -0.39 is 0 Å². The fraction of sp³-hybridized carbons (Fsp3) is 0.348. The van der Waals surface area contributed by atoms with E-state index in [2.05, 4.69) is 74.5 Å². The molecule has 4 heteroatoms. The van der Waals surface area contributed by atoms with Crippen LogP contribution in [0.15, 0.2) is 52.6 Å². The van der Waals surface area contributed by atoms with Gasteiger partial charge in [0.15, 0.2) is 0 Å². The van der Waals surface area contributed by atoms with Crippen LogP contribution in [-0.4, -0.2) is 14.7 Å². The number of nitrogens with zero attached hydrogens (tertiary/aromatic N) is 2. The summed E-state index contributed by atoms with van der Waals surface area (Å²) in [6.45, 7) is 11.7. The van der Waals surface area contributed by atoms with Crippen molar-refractivity contribution >= 4 is 11.8 Å². The van der Waals surface area contributed by atoms with Gasteiger partial charge >= 0.3 is 0 Å². The molecule has 1 aromatic carbocycles. The first-order valence-electron chi connectivity index (χ1n) is 9.39. The van der Waals surface area contributed by atoms with Crippen LogP contribution in [0.5, 0.6) is 0 Å². The Labute approximate surface area is 166 Å². The van der Waals surface area contributed by atoms with E-state index >= 15 is 0 Å². The molecule has 0 atom stereocenters. The zero-order chi connectivity index (χ0) is 19.6. The summed E-state index contributed by atoms with van der Waals surface area (Å²) in [5, 5.41) is 11.3. The molecule has 2 aromatic heterocycles. The monoisotopic (exact) mass is 380 g/mol. The summed E-state index contributed by atoms with van der Waals surface area (Å²) in [6.07, 6.45) is 3.67. The second-order valence-electron chi connectivity index (χ2n) is 7.41. The number of aromatic nitrogens is 2. The third kappa shape index (κ3) is 4.12. The highest BCUT2D eigenvalue weighted by Crippen LogP contribution is 2.41. The van der Waals surface area contributed by atoms with Crippen LogP contribution in [0.4, 0.5) is 0 Å². The van der Waals surface area contributed by atoms with Gasteiger partial charge in [0.25, 0.3) is 0 Å². The molecule has 0 fully saturated rings. The van der Waals surface area contributed by atoms with E-state index in [1.807, 2.05) is 24.2 Å². The van der Waals surface area contributed by atoms with Gasteiger partial charge in [-0.15, -0.1) is 0 Å². The molecule has 0 unspecified atom stereocenters. The Bertz CT molecular complexity index is 929. The normalized spacial score (nSPS) is 11.4. The van der Waals surface area contributed by atoms with E-state index in [4.69, 9.17) is 0 Å². The standard InChI is InChI=1S/C23H28N2OS/c1-15(2)22-20(14-26)18(5)25(13-19-8-10-24-11-9-19)23(22)27-21-12-16(3)6-7-17(21)4/h6-12,15,26H,13-14H2,1-5H3. The van der Waals surface area contributed by atoms with Crippen LogP contribution < -0.4 is 0 Å². The Kier molecular flexibility index (Phi) is 6.08. The van der Waals surface area contributed by atoms with Crippen LogP contribution in [0.1, 0.15) is 53.3 Å². The van der Waals surface area contributed by atoms with Crippen molar-refractivity contribution in [1.82, 2.24) is 9.55 Å². The minimum absolute atomic E-state index is 0.0725. The highest BCUT2D eigenvalue weighted by molar-refractivity contribution is 7.99. The summed E-state index contributed by atoms with van der Waals surface area (Å²) in [5.41, 5.74) is 7.22. The van der Waals surface area contributed by atoms with Gasteiger partial charge in [-0.2, -0.15) is 0 Å². The molecular formula is C23H28N2OS. The predicted octanol–water partition coefficient (Wildman–Crippen LogP) is 5.62. The minimum atomic E-state index is 0.0725. The van der Waals surface area contributed by atoms with Gasteiger partial charge in [-0.05, 0) is 67.1 Å². The van der Waals surface area contributed by atoms with Gasteiger partial charge in [0.1, 0.15) is 0 Å². The third-order valence-corrected chi connectivity index (χ3v) is 6.31. The minimum Gasteiger partial charge on any atom is -0.392 e. The molecule has 1 N–H and O–H groups in total. The van der Waals surface area contributed by atoms with Crippen LogP contribution in [0.25, 0.3) is 0 Å². The number of aryl methyl sites for hydroxylation is 2. The van der Waals surface area contributed by atoms with Gasteiger partial charge in [-0.1, -0.05) is 37.7 Å². The number of rotatable bonds is 6. The van der Waals surface area contributed by atoms with Crippen LogP contribution in [0, 0.1) is 20.8 Å². The molecule has 0 aliphatic heterocycles. The molecule has 0 radical (unpaired) electrons. The quantitative estimate of drug-likeness (QED) is 0.603. The number of aliphatic hydroxyl groups is 1. The lowest BCUT2D eigenvalue weighted by atomic mass is 10.0. The zero-order valence-corrected chi connectivity index (χ0v) is 17.6. The van der Waals surface area contributed by atoms with Crippen molar-refractivity contribution in [3.63, 3.8) is 0 Å². The van der Waals surface area contributed by atoms with Crippen molar-refractivity contribution in [2.45, 2.75) is 63.6 Å². The first-order chi connectivity index (χ1) is 12.9. The zero-order valence-electron chi connectivity index (χ0n) is 16.8. The second-order valence-corrected chi connectivity index (χ2v) is 8.44. The van der Waals surface area contributed by atoms with Gasteiger partial charge in [-0.3, -0.25) is 4.98 Å². The number of benzene rings is 1. The van der Waals surface area contributed by atoms with E-state index in [-0.39, 0.29) is 6.61 Å². The van der Waals surface area contributed by atoms with Crippen molar-refractivity contribution in [2.24, 2.45) is 0 Å². The van der Waals surface area contributed by atoms with Crippen molar-refractivity contribution in [3.05, 3.63) is 76.2 Å². The molecular weight excluding hydrogens is 352 g/mol. The Hall–Kier alpha value is -2.04. The second kappa shape index (κ2) is 8.32. The number of pyridine rings is 1. The van der Waals surface area contributed by atoms with Gasteiger partial charge < -0.3 is 9.67 Å². The molecule has 0 amide bonds. The molecule has 0 bridgehead atoms. The summed E-state index contributed by atoms with van der Waals surface area (Å²) < 4.78 is 2.35. The smallest absolute Gasteiger partial charge is 0.0840 e. The Morgan fingerprint density at radius 1 is 1.07 bits per heavy atom. The molecule has 3 aromatic rings. The number of hydrogen-bond acceptors (Lipinski definition) is 3. The van der Waals surface area contributed by atoms with Crippen molar-refractivity contribution in [2.75, 3.05) is 0 Å². The molecule has 0 aliphatic carbocycles. The van der Waals surface area contributed by atoms with E-state index in [0.29, 0.717) is 5.92 Å². The topological polar surface area (TPSA) is 38.0 Å². The van der Waals surface area contributed by atoms with E-state index in [1.54, 1.807) is 0 Å². The first-order valence-corrected chi connectivity index (χ1v) is 10.2. The summed E-state index contributed by atoms with van der Waals surface area (Å²) in [7, 11) is 0. The highest BCUT2D eigenvalue weighted by Gasteiger charge is 2.23. The van der Waals surface area contributed by atoms with E-state index in [1.165, 1.54) is 32.2 Å². The van der Waals surface area contributed by atoms with Crippen molar-refractivity contribution < 1.29 is 5.11 Å². The lowest BCUT2D eigenvalue weighted by molar-refractivity contribution is 0.279. The molecule has 3 nitrogen and oxygen atoms in total. The lowest BCUT2D eigenvalue weighted by Gasteiger charge is -2.16. The summed E-state index contributed by atoms with van der Waals surface area (Å²) in [6, 6.07) is 10.7. The van der Waals surface area contributed by atoms with Gasteiger partial charge in [0, 0.05) is 35.1 Å². The van der Waals surface area contributed by atoms with E-state index in [0.717, 1.165) is 17.8 Å². The third-order valence-electron chi connectivity index (χ3n) is 5.02. The largest absolute Gasteiger partial charge is 0.392 e. The number of hydrogen-bond donors (Lipinski definition) is 1. The van der Waals surface area contributed by atoms with Gasteiger partial charge in [-0.25, -0.2) is 0 Å². The SMILES string of the molecule is Cc1ccc(C)c(Sc2c(C(C)C)c(CO)c(C)n2Cc2ccncc2)c1. The average molecular weight is 381 g/mol. The maximum absolute atomic E-state index is 10.1. The molecule has 0 spiro atoms. The van der Waals surface area contributed by atoms with Gasteiger partial charge in [0.05, 0.1) is 11.6 Å². The fourth-order valence-electron chi connectivity index (χ4n) is 3.47. The fourth-order valence-corrected chi connectivity index (χ4v) is 4.93. The Morgan fingerprint density at radius 2 is 1.78 bits per heavy atom. The molecule has 2 heterocycles. The molecule has 0 saturated heterocycles. The van der Waals surface area contributed by atoms with Crippen LogP contribution >= 0.6 is 11.8 Å². The maximum Gasteiger partial charge on any atom is 0.0840 e. The highest BCUT2D eigenvalue weighted by atomic mass is 32.2. The summed E-state index contributed by atoms with van der Waals surface area (Å²) in [5.74, 6) is 0.345. The predicted molar refractivity (Wildman–Crippen MR) is 113 cm³/mol. The first kappa shape index (κ1) is 19.7. The van der Waals surface area contributed by atoms with Crippen molar-refractivity contribution in [1.29, 1.82) is 0 Å². The van der Waals surface area contributed by atoms with E-state index in [9.17, 15) is 5.11 Å². The van der Waals surface area contributed by atoms with Crippen LogP contribution in [0.3, 0.4) is 0 Å². The summed E-state index contributed by atoms with van der Waals surface area (Å²) in [4.78, 5) is 5.41.